The quantitative estimate of drug-likeness (QED) is 0.404. The standard InChI is InChI=1S/C18H16N2O6S3/c21-17-16(28-18(27)19(17)13-7-8-29(24,25)10-13)9-14-5-6-15(26-14)11-1-3-12(4-2-11)20(22)23/h1-6,9,13H,7-8,10H2,(H2-,22,23,24,25). The summed E-state index contributed by atoms with van der Waals surface area (Å²) in [4.78, 5) is 25.2. The van der Waals surface area contributed by atoms with Crippen LogP contribution in [0.3, 0.4) is 0 Å². The first-order chi connectivity index (χ1) is 13.7. The van der Waals surface area contributed by atoms with Gasteiger partial charge in [-0.15, -0.1) is 0 Å². The van der Waals surface area contributed by atoms with Gasteiger partial charge in [0.05, 0.1) is 15.9 Å². The molecule has 29 heavy (non-hydrogen) atoms. The van der Waals surface area contributed by atoms with E-state index in [1.54, 1.807) is 30.3 Å². The van der Waals surface area contributed by atoms with Gasteiger partial charge >= 0.3 is 5.69 Å². The number of furan rings is 1. The monoisotopic (exact) mass is 452 g/mol. The second kappa shape index (κ2) is 7.58. The Balaban J connectivity index is 1.52. The van der Waals surface area contributed by atoms with Crippen molar-refractivity contribution in [3.63, 3.8) is 0 Å². The van der Waals surface area contributed by atoms with E-state index >= 15 is 0 Å². The lowest BCUT2D eigenvalue weighted by Gasteiger charge is -2.41. The molecule has 2 N–H and O–H groups in total. The van der Waals surface area contributed by atoms with Crippen LogP contribution in [0.4, 0.5) is 5.69 Å². The van der Waals surface area contributed by atoms with E-state index in [2.05, 4.69) is 0 Å². The summed E-state index contributed by atoms with van der Waals surface area (Å²) in [5.41, 5.74) is 0.800. The second-order valence-corrected chi connectivity index (χ2v) is 10.6. The van der Waals surface area contributed by atoms with Gasteiger partial charge < -0.3 is 24.1 Å². The molecule has 0 bridgehead atoms. The zero-order valence-corrected chi connectivity index (χ0v) is 17.3. The molecule has 4 rings (SSSR count). The normalized spacial score (nSPS) is 28.1. The van der Waals surface area contributed by atoms with Crippen molar-refractivity contribution in [2.75, 3.05) is 11.5 Å². The minimum absolute atomic E-state index is 0.0439. The zero-order valence-electron chi connectivity index (χ0n) is 14.9. The molecule has 2 aliphatic rings. The van der Waals surface area contributed by atoms with Crippen LogP contribution < -0.4 is 0 Å². The Bertz CT molecular complexity index is 1030. The average molecular weight is 453 g/mol. The number of benzene rings is 1. The predicted octanol–water partition coefficient (Wildman–Crippen LogP) is 4.13. The molecule has 8 nitrogen and oxygen atoms in total. The van der Waals surface area contributed by atoms with E-state index in [4.69, 9.17) is 21.8 Å². The van der Waals surface area contributed by atoms with Crippen LogP contribution in [0.2, 0.25) is 0 Å². The zero-order chi connectivity index (χ0) is 20.8. The molecule has 0 aliphatic carbocycles. The summed E-state index contributed by atoms with van der Waals surface area (Å²) in [7, 11) is -2.88. The maximum Gasteiger partial charge on any atom is 0.316 e. The van der Waals surface area contributed by atoms with Gasteiger partial charge in [0.25, 0.3) is 10.8 Å². The van der Waals surface area contributed by atoms with E-state index in [-0.39, 0.29) is 34.1 Å². The number of hydrogen-bond donors (Lipinski definition) is 2. The highest BCUT2D eigenvalue weighted by atomic mass is 32.3. The number of thiocarbonyl (C=S) groups is 1. The number of carbonyl (C=O) groups is 1. The van der Waals surface area contributed by atoms with Gasteiger partial charge in [-0.25, -0.2) is 5.21 Å². The van der Waals surface area contributed by atoms with Crippen LogP contribution >= 0.6 is 34.6 Å². The highest BCUT2D eigenvalue weighted by molar-refractivity contribution is 8.27. The number of thioether (sulfide) groups is 1. The van der Waals surface area contributed by atoms with Gasteiger partial charge in [-0.1, -0.05) is 24.0 Å². The molecule has 2 unspecified atom stereocenters. The van der Waals surface area contributed by atoms with Crippen molar-refractivity contribution in [2.24, 2.45) is 0 Å². The van der Waals surface area contributed by atoms with E-state index in [0.29, 0.717) is 32.7 Å². The minimum atomic E-state index is -2.88. The van der Waals surface area contributed by atoms with E-state index in [1.807, 2.05) is 0 Å². The van der Waals surface area contributed by atoms with Gasteiger partial charge in [-0.05, 0) is 30.7 Å². The van der Waals surface area contributed by atoms with Crippen molar-refractivity contribution in [3.05, 3.63) is 52.0 Å². The van der Waals surface area contributed by atoms with Crippen LogP contribution in [-0.4, -0.2) is 51.9 Å². The molecular weight excluding hydrogens is 436 g/mol. The first kappa shape index (κ1) is 20.1. The van der Waals surface area contributed by atoms with Crippen LogP contribution in [0.1, 0.15) is 12.2 Å². The third-order valence-electron chi connectivity index (χ3n) is 4.68. The molecule has 0 spiro atoms. The molecule has 2 atom stereocenters. The fourth-order valence-corrected chi connectivity index (χ4v) is 6.36. The van der Waals surface area contributed by atoms with Crippen molar-refractivity contribution < 1.29 is 28.4 Å². The van der Waals surface area contributed by atoms with Gasteiger partial charge in [0.1, 0.15) is 15.8 Å². The Morgan fingerprint density at radius 1 is 1.31 bits per heavy atom. The SMILES string of the molecule is O=C1C(=Cc2ccc(-c3ccc([N+](=O)O)cc3)o2)SC(=S)N1C1CCS([O-])(O)C1. The molecule has 1 aromatic carbocycles. The topological polar surface area (TPSA) is 117 Å². The summed E-state index contributed by atoms with van der Waals surface area (Å²) in [6.45, 7) is 0. The van der Waals surface area contributed by atoms with Crippen molar-refractivity contribution in [1.29, 1.82) is 0 Å². The lowest BCUT2D eigenvalue weighted by Crippen LogP contribution is -2.39. The molecule has 152 valence electrons. The van der Waals surface area contributed by atoms with E-state index in [9.17, 15) is 18.8 Å². The van der Waals surface area contributed by atoms with E-state index in [0.717, 1.165) is 11.8 Å². The smallest absolute Gasteiger partial charge is 0.316 e. The molecule has 0 radical (unpaired) electrons. The Hall–Kier alpha value is -2.18. The molecule has 1 aromatic heterocycles. The molecule has 3 heterocycles. The lowest BCUT2D eigenvalue weighted by atomic mass is 10.1. The van der Waals surface area contributed by atoms with Crippen LogP contribution in [0.5, 0.6) is 0 Å². The number of amides is 1. The Labute approximate surface area is 177 Å². The molecule has 0 saturated carbocycles. The Kier molecular flexibility index (Phi) is 5.25. The predicted molar refractivity (Wildman–Crippen MR) is 113 cm³/mol. The van der Waals surface area contributed by atoms with Crippen molar-refractivity contribution in [2.45, 2.75) is 12.5 Å². The molecule has 1 amide bonds. The first-order valence-electron chi connectivity index (χ1n) is 8.59. The second-order valence-electron chi connectivity index (χ2n) is 6.66. The fourth-order valence-electron chi connectivity index (χ4n) is 3.25. The number of rotatable bonds is 4. The van der Waals surface area contributed by atoms with Crippen LogP contribution in [0.25, 0.3) is 17.4 Å². The number of carbonyl (C=O) groups excluding carboxylic acids is 1. The largest absolute Gasteiger partial charge is 0.768 e. The van der Waals surface area contributed by atoms with Gasteiger partial charge in [-0.2, -0.15) is 0 Å². The summed E-state index contributed by atoms with van der Waals surface area (Å²) in [5, 5.41) is 8.89. The van der Waals surface area contributed by atoms with Crippen LogP contribution in [-0.2, 0) is 4.79 Å². The molecule has 2 saturated heterocycles. The lowest BCUT2D eigenvalue weighted by molar-refractivity contribution is -0.729. The first-order valence-corrected chi connectivity index (χ1v) is 11.7. The number of nitrogens with zero attached hydrogens (tertiary/aromatic N) is 2. The van der Waals surface area contributed by atoms with Crippen molar-refractivity contribution in [1.82, 2.24) is 4.90 Å². The molecule has 2 aliphatic heterocycles. The molecule has 11 heteroatoms. The maximum atomic E-state index is 12.8. The molecular formula is C18H16N2O6S3. The third-order valence-corrected chi connectivity index (χ3v) is 7.79. The Morgan fingerprint density at radius 2 is 2.03 bits per heavy atom. The minimum Gasteiger partial charge on any atom is -0.768 e. The fraction of sp³-hybridized carbons (Fsp3) is 0.222. The highest BCUT2D eigenvalue weighted by Crippen LogP contribution is 2.49. The van der Waals surface area contributed by atoms with Gasteiger partial charge in [-0.3, -0.25) is 9.69 Å². The molecule has 2 fully saturated rings. The van der Waals surface area contributed by atoms with Crippen LogP contribution in [0.15, 0.2) is 45.7 Å². The average Bonchev–Trinajstić information content (AvgIpc) is 3.34. The number of hydrogen-bond acceptors (Lipinski definition) is 7. The summed E-state index contributed by atoms with van der Waals surface area (Å²) in [6.07, 6.45) is 2.04. The van der Waals surface area contributed by atoms with Gasteiger partial charge in [0.2, 0.25) is 0 Å². The van der Waals surface area contributed by atoms with Crippen LogP contribution in [0, 0.1) is 4.91 Å². The van der Waals surface area contributed by atoms with Gasteiger partial charge in [0.15, 0.2) is 0 Å². The van der Waals surface area contributed by atoms with Crippen molar-refractivity contribution >= 4 is 56.6 Å². The van der Waals surface area contributed by atoms with E-state index < -0.39 is 10.6 Å². The van der Waals surface area contributed by atoms with E-state index in [1.165, 1.54) is 17.0 Å². The Morgan fingerprint density at radius 3 is 2.66 bits per heavy atom. The summed E-state index contributed by atoms with van der Waals surface area (Å²) in [5.74, 6) is 0.915. The summed E-state index contributed by atoms with van der Waals surface area (Å²) >= 11 is 6.45. The van der Waals surface area contributed by atoms with Crippen molar-refractivity contribution in [3.8, 4) is 11.3 Å². The highest BCUT2D eigenvalue weighted by Gasteiger charge is 2.40. The maximum absolute atomic E-state index is 12.8. The third kappa shape index (κ3) is 4.09. The summed E-state index contributed by atoms with van der Waals surface area (Å²) in [6, 6.07) is 9.25. The summed E-state index contributed by atoms with van der Waals surface area (Å²) < 4.78 is 27.7. The molecule has 2 aromatic rings. The van der Waals surface area contributed by atoms with Gasteiger partial charge in [0, 0.05) is 35.3 Å².